The van der Waals surface area contributed by atoms with E-state index in [1.54, 1.807) is 39.7 Å². The van der Waals surface area contributed by atoms with E-state index in [-0.39, 0.29) is 43.0 Å². The fourth-order valence-electron chi connectivity index (χ4n) is 10.5. The predicted molar refractivity (Wildman–Crippen MR) is 284 cm³/mol. The van der Waals surface area contributed by atoms with Gasteiger partial charge in [0.1, 0.15) is 47.8 Å². The largest absolute Gasteiger partial charge is 0.491 e. The number of aromatic nitrogens is 4. The Morgan fingerprint density at radius 2 is 1.64 bits per heavy atom. The third-order valence-corrected chi connectivity index (χ3v) is 16.1. The van der Waals surface area contributed by atoms with Crippen LogP contribution in [0, 0.1) is 5.82 Å². The Balaban J connectivity index is 0.894. The van der Waals surface area contributed by atoms with Crippen molar-refractivity contribution in [3.05, 3.63) is 125 Å². The van der Waals surface area contributed by atoms with Crippen LogP contribution in [0.5, 0.6) is 17.4 Å². The van der Waals surface area contributed by atoms with E-state index in [2.05, 4.69) is 36.7 Å². The lowest BCUT2D eigenvalue weighted by molar-refractivity contribution is -0.270. The first-order valence-corrected chi connectivity index (χ1v) is 26.2. The summed E-state index contributed by atoms with van der Waals surface area (Å²) < 4.78 is 58.1. The molecule has 75 heavy (non-hydrogen) atoms. The van der Waals surface area contributed by atoms with Crippen molar-refractivity contribution in [1.82, 2.24) is 34.6 Å². The number of carboxylic acid groups (broad SMARTS) is 1. The van der Waals surface area contributed by atoms with Crippen molar-refractivity contribution in [1.29, 1.82) is 0 Å². The van der Waals surface area contributed by atoms with Gasteiger partial charge in [-0.25, -0.2) is 29.1 Å². The molecule has 8 aromatic rings. The molecule has 0 spiro atoms. The Bertz CT molecular complexity index is 3370. The molecule has 7 heterocycles. The van der Waals surface area contributed by atoms with Crippen LogP contribution < -0.4 is 14.2 Å². The van der Waals surface area contributed by atoms with Crippen molar-refractivity contribution < 1.29 is 47.4 Å². The van der Waals surface area contributed by atoms with Crippen molar-refractivity contribution in [3.8, 4) is 28.8 Å². The van der Waals surface area contributed by atoms with Crippen LogP contribution in [0.4, 0.5) is 4.39 Å². The number of likely N-dealkylation sites (N-methyl/N-ethyl adjacent to an activating group) is 1. The summed E-state index contributed by atoms with van der Waals surface area (Å²) >= 11 is 8.97. The zero-order valence-electron chi connectivity index (χ0n) is 42.0. The zero-order valence-corrected chi connectivity index (χ0v) is 43.6. The first kappa shape index (κ1) is 50.9. The third-order valence-electron chi connectivity index (χ3n) is 14.5. The molecule has 2 saturated heterocycles. The van der Waals surface area contributed by atoms with Gasteiger partial charge in [0.2, 0.25) is 12.0 Å². The van der Waals surface area contributed by atoms with E-state index in [0.717, 1.165) is 76.8 Å². The second kappa shape index (κ2) is 22.2. The van der Waals surface area contributed by atoms with Crippen molar-refractivity contribution in [3.63, 3.8) is 0 Å². The lowest BCUT2D eigenvalue weighted by Crippen LogP contribution is -2.52. The number of methoxy groups -OCH3 is 3. The Morgan fingerprint density at radius 3 is 2.43 bits per heavy atom. The average Bonchev–Trinajstić information content (AvgIpc) is 3.85. The summed E-state index contributed by atoms with van der Waals surface area (Å²) in [5.41, 5.74) is 3.89. The number of thiophene rings is 1. The number of hydrogen-bond acceptors (Lipinski definition) is 16. The summed E-state index contributed by atoms with van der Waals surface area (Å²) in [4.78, 5) is 39.8. The average molecular weight is 1060 g/mol. The Morgan fingerprint density at radius 1 is 0.827 bits per heavy atom. The molecule has 3 aromatic heterocycles. The number of piperazine rings is 1. The first-order valence-electron chi connectivity index (χ1n) is 25.0. The number of benzene rings is 5. The highest BCUT2D eigenvalue weighted by atomic mass is 35.5. The van der Waals surface area contributed by atoms with Gasteiger partial charge in [0.25, 0.3) is 0 Å². The molecule has 4 aliphatic heterocycles. The molecule has 390 valence electrons. The maximum Gasteiger partial charge on any atom is 0.345 e. The van der Waals surface area contributed by atoms with E-state index in [4.69, 9.17) is 49.7 Å². The minimum Gasteiger partial charge on any atom is -0.491 e. The van der Waals surface area contributed by atoms with E-state index in [1.165, 1.54) is 29.8 Å². The van der Waals surface area contributed by atoms with E-state index < -0.39 is 18.4 Å². The molecular weight excluding hydrogens is 1000 g/mol. The van der Waals surface area contributed by atoms with Crippen molar-refractivity contribution in [2.45, 2.75) is 63.2 Å². The van der Waals surface area contributed by atoms with Gasteiger partial charge in [0, 0.05) is 119 Å². The molecule has 0 radical (unpaired) electrons. The molecule has 0 saturated carbocycles. The van der Waals surface area contributed by atoms with Gasteiger partial charge in [-0.2, -0.15) is 0 Å². The normalized spacial score (nSPS) is 21.0. The summed E-state index contributed by atoms with van der Waals surface area (Å²) in [6.07, 6.45) is 0.828. The number of halogens is 2. The van der Waals surface area contributed by atoms with E-state index in [1.807, 2.05) is 54.6 Å². The number of rotatable bonds is 14. The molecule has 2 unspecified atom stereocenters. The summed E-state index contributed by atoms with van der Waals surface area (Å²) in [5.74, 6) is 0.206. The topological polar surface area (TPSA) is 163 Å². The molecule has 16 nitrogen and oxygen atoms in total. The van der Waals surface area contributed by atoms with E-state index >= 15 is 4.39 Å². The highest BCUT2D eigenvalue weighted by molar-refractivity contribution is 7.26. The summed E-state index contributed by atoms with van der Waals surface area (Å²) in [6, 6.07) is 24.0. The molecule has 0 amide bonds. The number of fused-ring (bicyclic) bond motifs is 7. The zero-order chi connectivity index (χ0) is 51.7. The minimum absolute atomic E-state index is 0.0471. The first-order chi connectivity index (χ1) is 36.5. The second-order valence-corrected chi connectivity index (χ2v) is 20.7. The third kappa shape index (κ3) is 10.7. The van der Waals surface area contributed by atoms with Gasteiger partial charge in [0.05, 0.1) is 28.3 Å². The monoisotopic (exact) mass is 1060 g/mol. The fourth-order valence-corrected chi connectivity index (χ4v) is 12.0. The Kier molecular flexibility index (Phi) is 15.1. The second-order valence-electron chi connectivity index (χ2n) is 19.3. The number of hydrogen-bond donors (Lipinski definition) is 1. The van der Waals surface area contributed by atoms with Gasteiger partial charge < -0.3 is 43.2 Å². The standard InChI is InChI=1S/C56H57ClFN7O9S/c1-63-17-19-64(20-18-63)21-22-65-27-32-5-14-43(72-29-37-15-16-59-52(62-37)33-6-10-38(11-7-33)71-30-39-26-44(68-2)50(69-3)56(70-4)73-39)35(23-32)24-45(55(66)67)74-53-48-47-41-12-8-34(28-65)49(57)46(41)42-25-36(58)9-13-40(42)51(47)75-54(48)61-31-60-53/h5-16,23,25,31,39,44-45,50,56H,17-22,24,26-30H2,1-4H3,(H,66,67)/t39?,44-,45+,50?,56-/m0/s1. The molecular formula is C56H57ClFN7O9S. The lowest BCUT2D eigenvalue weighted by Gasteiger charge is -2.39. The smallest absolute Gasteiger partial charge is 0.345 e. The minimum atomic E-state index is -1.38. The molecule has 2 fully saturated rings. The van der Waals surface area contributed by atoms with Crippen LogP contribution in [0.2, 0.25) is 5.02 Å². The molecule has 6 bridgehead atoms. The molecule has 4 aliphatic rings. The summed E-state index contributed by atoms with van der Waals surface area (Å²) in [6.45, 7) is 6.90. The van der Waals surface area contributed by atoms with Crippen LogP contribution in [-0.2, 0) is 49.9 Å². The van der Waals surface area contributed by atoms with Crippen molar-refractivity contribution in [2.24, 2.45) is 0 Å². The SMILES string of the molecule is COC1[C@@H](OC)OC(COc2ccc(-c3nccc(COc4ccc5cc4C[C@H](C(=O)O)Oc4ncnc6sc7c8ccc(F)cc8c8c(Cl)c(ccc8c7c46)CN(CCN4CCN(C)CC4)C5)n3)cc2)C[C@@H]1OC. The maximum absolute atomic E-state index is 15.2. The molecule has 1 N–H and O–H groups in total. The number of aliphatic carboxylic acids is 1. The molecule has 12 rings (SSSR count). The van der Waals surface area contributed by atoms with Crippen LogP contribution in [0.3, 0.4) is 0 Å². The quantitative estimate of drug-likeness (QED) is 0.103. The van der Waals surface area contributed by atoms with Crippen LogP contribution >= 0.6 is 22.9 Å². The van der Waals surface area contributed by atoms with Crippen molar-refractivity contribution in [2.75, 3.05) is 74.3 Å². The fraction of sp³-hybridized carbons (Fsp3) is 0.375. The van der Waals surface area contributed by atoms with Gasteiger partial charge in [0.15, 0.2) is 12.1 Å². The Labute approximate surface area is 441 Å². The number of nitrogens with zero attached hydrogens (tertiary/aromatic N) is 7. The van der Waals surface area contributed by atoms with Gasteiger partial charge in [-0.05, 0) is 83.0 Å². The molecule has 19 heteroatoms. The van der Waals surface area contributed by atoms with Gasteiger partial charge in [-0.15, -0.1) is 11.3 Å². The van der Waals surface area contributed by atoms with E-state index in [9.17, 15) is 9.90 Å². The highest BCUT2D eigenvalue weighted by Gasteiger charge is 2.40. The van der Waals surface area contributed by atoms with Crippen molar-refractivity contribution >= 4 is 70.8 Å². The van der Waals surface area contributed by atoms with E-state index in [0.29, 0.717) is 80.7 Å². The van der Waals surface area contributed by atoms with Crippen LogP contribution in [0.15, 0.2) is 91.4 Å². The van der Waals surface area contributed by atoms with Crippen LogP contribution in [0.25, 0.3) is 53.2 Å². The van der Waals surface area contributed by atoms with Crippen LogP contribution in [0.1, 0.15) is 28.8 Å². The number of carbonyl (C=O) groups is 1. The van der Waals surface area contributed by atoms with Gasteiger partial charge in [-0.3, -0.25) is 9.80 Å². The lowest BCUT2D eigenvalue weighted by atomic mass is 9.95. The predicted octanol–water partition coefficient (Wildman–Crippen LogP) is 8.79. The Hall–Kier alpha value is -6.19. The molecule has 5 aromatic carbocycles. The number of carboxylic acids is 1. The summed E-state index contributed by atoms with van der Waals surface area (Å²) in [5, 5.41) is 15.7. The molecule has 5 atom stereocenters. The number of ether oxygens (including phenoxy) is 7. The van der Waals surface area contributed by atoms with Gasteiger partial charge >= 0.3 is 5.97 Å². The highest BCUT2D eigenvalue weighted by Crippen LogP contribution is 2.48. The van der Waals surface area contributed by atoms with Crippen LogP contribution in [-0.4, -0.2) is 151 Å². The molecule has 0 aliphatic carbocycles. The summed E-state index contributed by atoms with van der Waals surface area (Å²) in [7, 11) is 6.98. The van der Waals surface area contributed by atoms with Gasteiger partial charge in [-0.1, -0.05) is 41.9 Å². The maximum atomic E-state index is 15.2.